The Balaban J connectivity index is 2.07. The van der Waals surface area contributed by atoms with Crippen molar-refractivity contribution in [2.24, 2.45) is 0 Å². The van der Waals surface area contributed by atoms with E-state index in [4.69, 9.17) is 0 Å². The molecule has 0 unspecified atom stereocenters. The number of benzene rings is 2. The highest BCUT2D eigenvalue weighted by Crippen LogP contribution is 2.19. The smallest absolute Gasteiger partial charge is 0.194 e. The maximum absolute atomic E-state index is 13.4. The normalized spacial score (nSPS) is 10.7. The number of carbonyl (C=O) groups excluding carboxylic acids is 1. The van der Waals surface area contributed by atoms with Crippen LogP contribution in [-0.4, -0.2) is 10.8 Å². The first kappa shape index (κ1) is 12.9. The van der Waals surface area contributed by atoms with E-state index >= 15 is 0 Å². The number of hydrogen-bond donors (Lipinski definition) is 0. The molecule has 2 aromatic carbocycles. The predicted octanol–water partition coefficient (Wildman–Crippen LogP) is 4.37. The van der Waals surface area contributed by atoms with Crippen LogP contribution >= 0.6 is 15.9 Å². The van der Waals surface area contributed by atoms with Gasteiger partial charge in [-0.2, -0.15) is 0 Å². The zero-order valence-corrected chi connectivity index (χ0v) is 11.9. The summed E-state index contributed by atoms with van der Waals surface area (Å²) in [5, 5.41) is 0.883. The van der Waals surface area contributed by atoms with Crippen molar-refractivity contribution in [2.45, 2.75) is 0 Å². The number of carbonyl (C=O) groups is 1. The Hall–Kier alpha value is -2.07. The summed E-state index contributed by atoms with van der Waals surface area (Å²) in [6.07, 6.45) is 1.52. The van der Waals surface area contributed by atoms with Crippen LogP contribution in [0.2, 0.25) is 0 Å². The molecule has 3 aromatic rings. The van der Waals surface area contributed by atoms with Crippen LogP contribution in [0.25, 0.3) is 10.9 Å². The molecule has 3 rings (SSSR count). The van der Waals surface area contributed by atoms with Crippen LogP contribution in [0.15, 0.2) is 59.2 Å². The highest BCUT2D eigenvalue weighted by Gasteiger charge is 2.12. The topological polar surface area (TPSA) is 30.0 Å². The van der Waals surface area contributed by atoms with Crippen molar-refractivity contribution in [1.29, 1.82) is 0 Å². The number of para-hydroxylation sites is 1. The van der Waals surface area contributed by atoms with Gasteiger partial charge in [-0.05, 0) is 30.3 Å². The molecule has 0 radical (unpaired) electrons. The zero-order chi connectivity index (χ0) is 14.1. The minimum atomic E-state index is -0.448. The van der Waals surface area contributed by atoms with Crippen molar-refractivity contribution in [1.82, 2.24) is 4.98 Å². The van der Waals surface area contributed by atoms with Crippen molar-refractivity contribution in [3.63, 3.8) is 0 Å². The van der Waals surface area contributed by atoms with Crippen molar-refractivity contribution in [3.05, 3.63) is 76.1 Å². The standard InChI is InChI=1S/C16H9BrFNO/c17-13-6-11(7-14(18)8-13)16(20)12-5-10-3-1-2-4-15(10)19-9-12/h1-9H. The number of aromatic nitrogens is 1. The highest BCUT2D eigenvalue weighted by atomic mass is 79.9. The first-order valence-corrected chi connectivity index (χ1v) is 6.78. The average Bonchev–Trinajstić information content (AvgIpc) is 2.45. The second kappa shape index (κ2) is 5.13. The number of rotatable bonds is 2. The molecule has 0 atom stereocenters. The summed E-state index contributed by atoms with van der Waals surface area (Å²) in [4.78, 5) is 16.6. The lowest BCUT2D eigenvalue weighted by atomic mass is 10.0. The van der Waals surface area contributed by atoms with E-state index in [1.807, 2.05) is 24.3 Å². The van der Waals surface area contributed by atoms with Gasteiger partial charge in [0.25, 0.3) is 0 Å². The molecule has 0 N–H and O–H groups in total. The average molecular weight is 330 g/mol. The predicted molar refractivity (Wildman–Crippen MR) is 79.3 cm³/mol. The van der Waals surface area contributed by atoms with Gasteiger partial charge in [-0.25, -0.2) is 4.39 Å². The van der Waals surface area contributed by atoms with E-state index in [1.165, 1.54) is 18.3 Å². The van der Waals surface area contributed by atoms with Gasteiger partial charge in [-0.1, -0.05) is 34.1 Å². The van der Waals surface area contributed by atoms with Gasteiger partial charge in [0.15, 0.2) is 5.78 Å². The van der Waals surface area contributed by atoms with Gasteiger partial charge in [0, 0.05) is 27.2 Å². The fraction of sp³-hybridized carbons (Fsp3) is 0. The Kier molecular flexibility index (Phi) is 3.32. The molecule has 0 aliphatic heterocycles. The maximum atomic E-state index is 13.4. The lowest BCUT2D eigenvalue weighted by Crippen LogP contribution is -2.02. The van der Waals surface area contributed by atoms with Crippen LogP contribution in [-0.2, 0) is 0 Å². The Morgan fingerprint density at radius 1 is 1.05 bits per heavy atom. The molecular formula is C16H9BrFNO. The monoisotopic (exact) mass is 329 g/mol. The first-order valence-electron chi connectivity index (χ1n) is 5.99. The second-order valence-corrected chi connectivity index (χ2v) is 5.32. The molecule has 0 bridgehead atoms. The summed E-state index contributed by atoms with van der Waals surface area (Å²) in [6.45, 7) is 0. The van der Waals surface area contributed by atoms with E-state index in [2.05, 4.69) is 20.9 Å². The van der Waals surface area contributed by atoms with Crippen LogP contribution < -0.4 is 0 Å². The molecule has 20 heavy (non-hydrogen) atoms. The molecule has 1 aromatic heterocycles. The Bertz CT molecular complexity index is 796. The van der Waals surface area contributed by atoms with Gasteiger partial charge in [-0.15, -0.1) is 0 Å². The number of fused-ring (bicyclic) bond motifs is 1. The minimum absolute atomic E-state index is 0.247. The summed E-state index contributed by atoms with van der Waals surface area (Å²) in [5.41, 5.74) is 1.57. The molecule has 0 fully saturated rings. The maximum Gasteiger partial charge on any atom is 0.194 e. The lowest BCUT2D eigenvalue weighted by molar-refractivity contribution is 0.103. The molecule has 0 saturated carbocycles. The lowest BCUT2D eigenvalue weighted by Gasteiger charge is -2.04. The number of nitrogens with zero attached hydrogens (tertiary/aromatic N) is 1. The summed E-state index contributed by atoms with van der Waals surface area (Å²) in [6, 6.07) is 13.4. The fourth-order valence-electron chi connectivity index (χ4n) is 2.05. The van der Waals surface area contributed by atoms with Gasteiger partial charge in [0.2, 0.25) is 0 Å². The van der Waals surface area contributed by atoms with Crippen molar-refractivity contribution in [3.8, 4) is 0 Å². The molecule has 98 valence electrons. The molecular weight excluding hydrogens is 321 g/mol. The molecule has 1 heterocycles. The largest absolute Gasteiger partial charge is 0.289 e. The third kappa shape index (κ3) is 2.47. The van der Waals surface area contributed by atoms with E-state index in [0.717, 1.165) is 10.9 Å². The van der Waals surface area contributed by atoms with Gasteiger partial charge in [0.05, 0.1) is 5.52 Å². The van der Waals surface area contributed by atoms with Crippen molar-refractivity contribution < 1.29 is 9.18 Å². The van der Waals surface area contributed by atoms with E-state index in [0.29, 0.717) is 15.6 Å². The molecule has 0 aliphatic carbocycles. The Morgan fingerprint density at radius 2 is 1.85 bits per heavy atom. The summed E-state index contributed by atoms with van der Waals surface area (Å²) < 4.78 is 13.9. The Labute approximate surface area is 123 Å². The third-order valence-electron chi connectivity index (χ3n) is 2.98. The fourth-order valence-corrected chi connectivity index (χ4v) is 2.51. The van der Waals surface area contributed by atoms with Crippen LogP contribution in [0, 0.1) is 5.82 Å². The molecule has 0 amide bonds. The highest BCUT2D eigenvalue weighted by molar-refractivity contribution is 9.10. The van der Waals surface area contributed by atoms with Gasteiger partial charge in [-0.3, -0.25) is 9.78 Å². The van der Waals surface area contributed by atoms with Gasteiger partial charge >= 0.3 is 0 Å². The minimum Gasteiger partial charge on any atom is -0.289 e. The second-order valence-electron chi connectivity index (χ2n) is 4.40. The van der Waals surface area contributed by atoms with E-state index in [9.17, 15) is 9.18 Å². The van der Waals surface area contributed by atoms with Crippen LogP contribution in [0.1, 0.15) is 15.9 Å². The molecule has 0 aliphatic rings. The molecule has 2 nitrogen and oxygen atoms in total. The van der Waals surface area contributed by atoms with Crippen LogP contribution in [0.5, 0.6) is 0 Å². The van der Waals surface area contributed by atoms with Gasteiger partial charge < -0.3 is 0 Å². The van der Waals surface area contributed by atoms with Crippen molar-refractivity contribution in [2.75, 3.05) is 0 Å². The molecule has 0 saturated heterocycles. The first-order chi connectivity index (χ1) is 9.63. The summed E-state index contributed by atoms with van der Waals surface area (Å²) in [7, 11) is 0. The van der Waals surface area contributed by atoms with E-state index in [1.54, 1.807) is 12.1 Å². The number of pyridine rings is 1. The zero-order valence-electron chi connectivity index (χ0n) is 10.3. The number of ketones is 1. The van der Waals surface area contributed by atoms with Crippen LogP contribution in [0.3, 0.4) is 0 Å². The SMILES string of the molecule is O=C(c1cc(F)cc(Br)c1)c1cnc2ccccc2c1. The van der Waals surface area contributed by atoms with Gasteiger partial charge in [0.1, 0.15) is 5.82 Å². The third-order valence-corrected chi connectivity index (χ3v) is 3.44. The van der Waals surface area contributed by atoms with E-state index < -0.39 is 5.82 Å². The molecule has 4 heteroatoms. The number of halogens is 2. The quantitative estimate of drug-likeness (QED) is 0.653. The Morgan fingerprint density at radius 3 is 2.65 bits per heavy atom. The van der Waals surface area contributed by atoms with E-state index in [-0.39, 0.29) is 5.78 Å². The summed E-state index contributed by atoms with van der Waals surface area (Å²) >= 11 is 3.19. The van der Waals surface area contributed by atoms with Crippen LogP contribution in [0.4, 0.5) is 4.39 Å². The summed E-state index contributed by atoms with van der Waals surface area (Å²) in [5.74, 6) is -0.695. The number of hydrogen-bond acceptors (Lipinski definition) is 2. The molecule has 0 spiro atoms. The van der Waals surface area contributed by atoms with Crippen molar-refractivity contribution >= 4 is 32.6 Å².